The predicted octanol–water partition coefficient (Wildman–Crippen LogP) is 1.70. The first-order valence-electron chi connectivity index (χ1n) is 3.74. The molecule has 1 aromatic rings. The Bertz CT molecular complexity index is 374. The number of hydrogen-bond donors (Lipinski definition) is 2. The second kappa shape index (κ2) is 4.18. The lowest BCUT2D eigenvalue weighted by Crippen LogP contribution is -1.82. The molecule has 0 saturated carbocycles. The second-order valence-corrected chi connectivity index (χ2v) is 3.02. The molecule has 0 heterocycles. The van der Waals surface area contributed by atoms with Crippen molar-refractivity contribution in [2.75, 3.05) is 6.61 Å². The van der Waals surface area contributed by atoms with E-state index in [1.807, 2.05) is 0 Å². The Morgan fingerprint density at radius 1 is 1.46 bits per heavy atom. The Kier molecular flexibility index (Phi) is 3.18. The van der Waals surface area contributed by atoms with Crippen molar-refractivity contribution in [3.8, 4) is 17.6 Å². The van der Waals surface area contributed by atoms with Gasteiger partial charge >= 0.3 is 0 Å². The molecule has 3 heteroatoms. The fourth-order valence-electron chi connectivity index (χ4n) is 0.966. The summed E-state index contributed by atoms with van der Waals surface area (Å²) in [6, 6.07) is 3.22. The van der Waals surface area contributed by atoms with E-state index in [2.05, 4.69) is 11.8 Å². The van der Waals surface area contributed by atoms with Crippen molar-refractivity contribution >= 4 is 11.6 Å². The van der Waals surface area contributed by atoms with Crippen molar-refractivity contribution in [2.45, 2.75) is 6.92 Å². The Hall–Kier alpha value is -1.17. The molecule has 68 valence electrons. The summed E-state index contributed by atoms with van der Waals surface area (Å²) in [5.74, 6) is 5.17. The van der Waals surface area contributed by atoms with Crippen LogP contribution >= 0.6 is 11.6 Å². The number of phenolic OH excluding ortho intramolecular Hbond substituents is 1. The quantitative estimate of drug-likeness (QED) is 0.620. The minimum atomic E-state index is -0.231. The van der Waals surface area contributed by atoms with E-state index in [0.29, 0.717) is 16.1 Å². The highest BCUT2D eigenvalue weighted by molar-refractivity contribution is 6.30. The molecule has 0 fully saturated rings. The SMILES string of the molecule is Cc1cc(Cl)cc(C#CCO)c1O. The number of phenols is 1. The molecule has 0 saturated heterocycles. The molecule has 0 unspecified atom stereocenters. The van der Waals surface area contributed by atoms with Crippen molar-refractivity contribution in [2.24, 2.45) is 0 Å². The van der Waals surface area contributed by atoms with Crippen molar-refractivity contribution < 1.29 is 10.2 Å². The third-order valence-electron chi connectivity index (χ3n) is 1.57. The Morgan fingerprint density at radius 3 is 2.77 bits per heavy atom. The first-order valence-corrected chi connectivity index (χ1v) is 4.12. The highest BCUT2D eigenvalue weighted by atomic mass is 35.5. The van der Waals surface area contributed by atoms with Crippen LogP contribution in [0.15, 0.2) is 12.1 Å². The van der Waals surface area contributed by atoms with Crippen molar-refractivity contribution in [1.29, 1.82) is 0 Å². The molecule has 0 aliphatic heterocycles. The molecule has 0 amide bonds. The van der Waals surface area contributed by atoms with Crippen LogP contribution in [0.3, 0.4) is 0 Å². The van der Waals surface area contributed by atoms with Gasteiger partial charge in [-0.05, 0) is 24.6 Å². The summed E-state index contributed by atoms with van der Waals surface area (Å²) < 4.78 is 0. The van der Waals surface area contributed by atoms with E-state index >= 15 is 0 Å². The molecule has 2 N–H and O–H groups in total. The number of aromatic hydroxyl groups is 1. The van der Waals surface area contributed by atoms with Gasteiger partial charge in [-0.15, -0.1) is 0 Å². The van der Waals surface area contributed by atoms with E-state index < -0.39 is 0 Å². The van der Waals surface area contributed by atoms with Crippen LogP contribution in [0, 0.1) is 18.8 Å². The van der Waals surface area contributed by atoms with Gasteiger partial charge in [0, 0.05) is 5.02 Å². The van der Waals surface area contributed by atoms with Crippen LogP contribution in [0.4, 0.5) is 0 Å². The highest BCUT2D eigenvalue weighted by Crippen LogP contribution is 2.25. The molecule has 0 radical (unpaired) electrons. The van der Waals surface area contributed by atoms with Gasteiger partial charge in [0.2, 0.25) is 0 Å². The first kappa shape index (κ1) is 9.91. The molecular weight excluding hydrogens is 188 g/mol. The maximum absolute atomic E-state index is 9.51. The zero-order valence-corrected chi connectivity index (χ0v) is 7.89. The van der Waals surface area contributed by atoms with Crippen molar-refractivity contribution in [1.82, 2.24) is 0 Å². The summed E-state index contributed by atoms with van der Waals surface area (Å²) in [5.41, 5.74) is 1.12. The standard InChI is InChI=1S/C10H9ClO2/c1-7-5-9(11)6-8(10(7)13)3-2-4-12/h5-6,12-13H,4H2,1H3. The number of halogens is 1. The topological polar surface area (TPSA) is 40.5 Å². The summed E-state index contributed by atoms with van der Waals surface area (Å²) in [7, 11) is 0. The van der Waals surface area contributed by atoms with Crippen LogP contribution in [-0.2, 0) is 0 Å². The summed E-state index contributed by atoms with van der Waals surface area (Å²) >= 11 is 5.76. The molecule has 1 rings (SSSR count). The van der Waals surface area contributed by atoms with E-state index in [1.165, 1.54) is 0 Å². The molecule has 1 aromatic carbocycles. The number of aliphatic hydroxyl groups excluding tert-OH is 1. The van der Waals surface area contributed by atoms with E-state index in [1.54, 1.807) is 19.1 Å². The minimum absolute atomic E-state index is 0.116. The smallest absolute Gasteiger partial charge is 0.134 e. The van der Waals surface area contributed by atoms with Crippen LogP contribution < -0.4 is 0 Å². The van der Waals surface area contributed by atoms with Gasteiger partial charge in [-0.1, -0.05) is 23.4 Å². The van der Waals surface area contributed by atoms with Gasteiger partial charge in [0.15, 0.2) is 0 Å². The number of aryl methyl sites for hydroxylation is 1. The van der Waals surface area contributed by atoms with Gasteiger partial charge in [-0.3, -0.25) is 0 Å². The molecule has 0 spiro atoms. The maximum atomic E-state index is 9.51. The molecule has 0 aromatic heterocycles. The molecule has 2 nitrogen and oxygen atoms in total. The zero-order valence-electron chi connectivity index (χ0n) is 7.13. The maximum Gasteiger partial charge on any atom is 0.134 e. The minimum Gasteiger partial charge on any atom is -0.506 e. The summed E-state index contributed by atoms with van der Waals surface area (Å²) in [6.45, 7) is 1.51. The second-order valence-electron chi connectivity index (χ2n) is 2.58. The van der Waals surface area contributed by atoms with Crippen molar-refractivity contribution in [3.63, 3.8) is 0 Å². The number of benzene rings is 1. The number of rotatable bonds is 0. The van der Waals surface area contributed by atoms with Crippen molar-refractivity contribution in [3.05, 3.63) is 28.3 Å². The predicted molar refractivity (Wildman–Crippen MR) is 51.8 cm³/mol. The zero-order chi connectivity index (χ0) is 9.84. The lowest BCUT2D eigenvalue weighted by atomic mass is 10.1. The van der Waals surface area contributed by atoms with Gasteiger partial charge in [0.1, 0.15) is 12.4 Å². The molecule has 0 bridgehead atoms. The van der Waals surface area contributed by atoms with Crippen LogP contribution in [0.5, 0.6) is 5.75 Å². The monoisotopic (exact) mass is 196 g/mol. The van der Waals surface area contributed by atoms with Gasteiger partial charge in [-0.25, -0.2) is 0 Å². The summed E-state index contributed by atoms with van der Waals surface area (Å²) in [6.07, 6.45) is 0. The van der Waals surface area contributed by atoms with E-state index in [9.17, 15) is 5.11 Å². The van der Waals surface area contributed by atoms with Crippen LogP contribution in [0.25, 0.3) is 0 Å². The van der Waals surface area contributed by atoms with E-state index in [4.69, 9.17) is 16.7 Å². The first-order chi connectivity index (χ1) is 6.15. The molecule has 0 aliphatic carbocycles. The fourth-order valence-corrected chi connectivity index (χ4v) is 1.24. The third kappa shape index (κ3) is 2.38. The lowest BCUT2D eigenvalue weighted by molar-refractivity contribution is 0.350. The average Bonchev–Trinajstić information content (AvgIpc) is 2.09. The molecule has 0 atom stereocenters. The lowest BCUT2D eigenvalue weighted by Gasteiger charge is -2.01. The molecule has 13 heavy (non-hydrogen) atoms. The normalized spacial score (nSPS) is 9.15. The van der Waals surface area contributed by atoms with Crippen LogP contribution in [0.2, 0.25) is 5.02 Å². The highest BCUT2D eigenvalue weighted by Gasteiger charge is 2.03. The Labute approximate surface area is 81.8 Å². The largest absolute Gasteiger partial charge is 0.506 e. The van der Waals surface area contributed by atoms with E-state index in [-0.39, 0.29) is 12.4 Å². The van der Waals surface area contributed by atoms with Crippen LogP contribution in [0.1, 0.15) is 11.1 Å². The van der Waals surface area contributed by atoms with Gasteiger partial charge in [0.05, 0.1) is 5.56 Å². The third-order valence-corrected chi connectivity index (χ3v) is 1.79. The fraction of sp³-hybridized carbons (Fsp3) is 0.200. The van der Waals surface area contributed by atoms with Gasteiger partial charge in [0.25, 0.3) is 0 Å². The Balaban J connectivity index is 3.20. The number of aliphatic hydroxyl groups is 1. The molecule has 0 aliphatic rings. The number of hydrogen-bond acceptors (Lipinski definition) is 2. The van der Waals surface area contributed by atoms with Gasteiger partial charge in [-0.2, -0.15) is 0 Å². The van der Waals surface area contributed by atoms with Gasteiger partial charge < -0.3 is 10.2 Å². The Morgan fingerprint density at radius 2 is 2.15 bits per heavy atom. The van der Waals surface area contributed by atoms with Crippen LogP contribution in [-0.4, -0.2) is 16.8 Å². The summed E-state index contributed by atoms with van der Waals surface area (Å²) in [5, 5.41) is 18.5. The average molecular weight is 197 g/mol. The van der Waals surface area contributed by atoms with E-state index in [0.717, 1.165) is 0 Å². The molecular formula is C10H9ClO2. The summed E-state index contributed by atoms with van der Waals surface area (Å²) in [4.78, 5) is 0.